The molecule has 88 valence electrons. The van der Waals surface area contributed by atoms with Crippen molar-refractivity contribution in [3.8, 4) is 0 Å². The lowest BCUT2D eigenvalue weighted by molar-refractivity contribution is 0.125. The molecule has 1 heterocycles. The van der Waals surface area contributed by atoms with Crippen molar-refractivity contribution >= 4 is 11.6 Å². The molecule has 1 aliphatic heterocycles. The third-order valence-electron chi connectivity index (χ3n) is 3.53. The maximum Gasteiger partial charge on any atom is 0.0453 e. The number of likely N-dealkylation sites (tertiary alicyclic amines) is 1. The summed E-state index contributed by atoms with van der Waals surface area (Å²) in [6, 6.07) is 8.50. The fourth-order valence-electron chi connectivity index (χ4n) is 2.71. The summed E-state index contributed by atoms with van der Waals surface area (Å²) in [7, 11) is 2.16. The van der Waals surface area contributed by atoms with E-state index < -0.39 is 0 Å². The predicted molar refractivity (Wildman–Crippen MR) is 68.6 cm³/mol. The number of piperidine rings is 1. The fourth-order valence-corrected chi connectivity index (χ4v) is 2.96. The van der Waals surface area contributed by atoms with Crippen LogP contribution in [0.4, 0.5) is 0 Å². The molecule has 0 bridgehead atoms. The van der Waals surface area contributed by atoms with Gasteiger partial charge in [0.15, 0.2) is 0 Å². The zero-order chi connectivity index (χ0) is 11.5. The second kappa shape index (κ2) is 5.17. The lowest BCUT2D eigenvalue weighted by Gasteiger charge is -2.39. The second-order valence-corrected chi connectivity index (χ2v) is 4.99. The first kappa shape index (κ1) is 11.9. The van der Waals surface area contributed by atoms with Crippen LogP contribution < -0.4 is 5.73 Å². The van der Waals surface area contributed by atoms with Crippen LogP contribution in [0.1, 0.15) is 24.4 Å². The predicted octanol–water partition coefficient (Wildman–Crippen LogP) is 2.68. The third kappa shape index (κ3) is 2.24. The number of hydrogen-bond acceptors (Lipinski definition) is 2. The molecule has 1 aromatic carbocycles. The quantitative estimate of drug-likeness (QED) is 0.859. The van der Waals surface area contributed by atoms with Gasteiger partial charge in [-0.1, -0.05) is 29.8 Å². The van der Waals surface area contributed by atoms with Crippen LogP contribution in [0.15, 0.2) is 24.3 Å². The van der Waals surface area contributed by atoms with Gasteiger partial charge in [-0.15, -0.1) is 0 Å². The van der Waals surface area contributed by atoms with E-state index in [-0.39, 0.29) is 0 Å². The maximum absolute atomic E-state index is 6.28. The SMILES string of the molecule is CN1CCCC(CN)C1c1ccccc1Cl. The van der Waals surface area contributed by atoms with Crippen LogP contribution in [-0.4, -0.2) is 25.0 Å². The van der Waals surface area contributed by atoms with E-state index in [2.05, 4.69) is 24.1 Å². The van der Waals surface area contributed by atoms with E-state index in [1.165, 1.54) is 18.4 Å². The monoisotopic (exact) mass is 238 g/mol. The number of nitrogens with zero attached hydrogens (tertiary/aromatic N) is 1. The topological polar surface area (TPSA) is 29.3 Å². The average molecular weight is 239 g/mol. The highest BCUT2D eigenvalue weighted by Gasteiger charge is 2.30. The van der Waals surface area contributed by atoms with Crippen LogP contribution in [0.5, 0.6) is 0 Å². The molecule has 2 unspecified atom stereocenters. The van der Waals surface area contributed by atoms with Crippen molar-refractivity contribution in [2.45, 2.75) is 18.9 Å². The van der Waals surface area contributed by atoms with Gasteiger partial charge in [0.25, 0.3) is 0 Å². The van der Waals surface area contributed by atoms with E-state index in [1.807, 2.05) is 12.1 Å². The molecule has 3 heteroatoms. The number of benzene rings is 1. The van der Waals surface area contributed by atoms with Gasteiger partial charge < -0.3 is 5.73 Å². The molecule has 1 aliphatic rings. The number of rotatable bonds is 2. The zero-order valence-electron chi connectivity index (χ0n) is 9.70. The molecule has 2 rings (SSSR count). The van der Waals surface area contributed by atoms with Crippen molar-refractivity contribution in [1.29, 1.82) is 0 Å². The molecule has 1 aromatic rings. The highest BCUT2D eigenvalue weighted by molar-refractivity contribution is 6.31. The van der Waals surface area contributed by atoms with Crippen LogP contribution in [0.2, 0.25) is 5.02 Å². The van der Waals surface area contributed by atoms with Crippen LogP contribution in [0.3, 0.4) is 0 Å². The Labute approximate surface area is 102 Å². The third-order valence-corrected chi connectivity index (χ3v) is 3.88. The van der Waals surface area contributed by atoms with E-state index in [4.69, 9.17) is 17.3 Å². The maximum atomic E-state index is 6.28. The fraction of sp³-hybridized carbons (Fsp3) is 0.538. The molecule has 0 aromatic heterocycles. The van der Waals surface area contributed by atoms with Crippen molar-refractivity contribution in [3.05, 3.63) is 34.9 Å². The number of hydrogen-bond donors (Lipinski definition) is 1. The van der Waals surface area contributed by atoms with Gasteiger partial charge in [0.1, 0.15) is 0 Å². The summed E-state index contributed by atoms with van der Waals surface area (Å²) in [6.45, 7) is 1.87. The zero-order valence-corrected chi connectivity index (χ0v) is 10.5. The first-order valence-corrected chi connectivity index (χ1v) is 6.26. The number of nitrogens with two attached hydrogens (primary N) is 1. The minimum atomic E-state index is 0.382. The van der Waals surface area contributed by atoms with E-state index in [9.17, 15) is 0 Å². The van der Waals surface area contributed by atoms with Gasteiger partial charge >= 0.3 is 0 Å². The Hall–Kier alpha value is -0.570. The van der Waals surface area contributed by atoms with Crippen molar-refractivity contribution in [1.82, 2.24) is 4.90 Å². The second-order valence-electron chi connectivity index (χ2n) is 4.58. The van der Waals surface area contributed by atoms with E-state index in [0.29, 0.717) is 12.0 Å². The largest absolute Gasteiger partial charge is 0.330 e. The molecule has 0 radical (unpaired) electrons. The lowest BCUT2D eigenvalue weighted by atomic mass is 9.85. The standard InChI is InChI=1S/C13H19ClN2/c1-16-8-4-5-10(9-15)13(16)11-6-2-3-7-12(11)14/h2-3,6-7,10,13H,4-5,8-9,15H2,1H3. The molecule has 0 spiro atoms. The van der Waals surface area contributed by atoms with Gasteiger partial charge in [-0.2, -0.15) is 0 Å². The Kier molecular flexibility index (Phi) is 3.85. The highest BCUT2D eigenvalue weighted by atomic mass is 35.5. The summed E-state index contributed by atoms with van der Waals surface area (Å²) in [6.07, 6.45) is 2.44. The lowest BCUT2D eigenvalue weighted by Crippen LogP contribution is -2.39. The molecule has 2 N–H and O–H groups in total. The Bertz CT molecular complexity index is 354. The molecule has 1 saturated heterocycles. The molecule has 1 fully saturated rings. The first-order chi connectivity index (χ1) is 7.74. The molecule has 2 atom stereocenters. The van der Waals surface area contributed by atoms with Crippen molar-refractivity contribution in [3.63, 3.8) is 0 Å². The highest BCUT2D eigenvalue weighted by Crippen LogP contribution is 2.37. The Morgan fingerprint density at radius 1 is 1.44 bits per heavy atom. The summed E-state index contributed by atoms with van der Waals surface area (Å²) < 4.78 is 0. The summed E-state index contributed by atoms with van der Waals surface area (Å²) in [5.41, 5.74) is 7.10. The van der Waals surface area contributed by atoms with Gasteiger partial charge in [-0.3, -0.25) is 4.90 Å². The Morgan fingerprint density at radius 3 is 2.88 bits per heavy atom. The van der Waals surface area contributed by atoms with Gasteiger partial charge in [-0.25, -0.2) is 0 Å². The smallest absolute Gasteiger partial charge is 0.0453 e. The van der Waals surface area contributed by atoms with E-state index in [1.54, 1.807) is 0 Å². The molecule has 0 saturated carbocycles. The van der Waals surface area contributed by atoms with Crippen molar-refractivity contribution in [2.24, 2.45) is 11.7 Å². The van der Waals surface area contributed by atoms with E-state index in [0.717, 1.165) is 18.1 Å². The molecular weight excluding hydrogens is 220 g/mol. The number of halogens is 1. The van der Waals surface area contributed by atoms with E-state index >= 15 is 0 Å². The summed E-state index contributed by atoms with van der Waals surface area (Å²) in [4.78, 5) is 2.38. The average Bonchev–Trinajstić information content (AvgIpc) is 2.30. The van der Waals surface area contributed by atoms with Gasteiger partial charge in [-0.05, 0) is 50.5 Å². The van der Waals surface area contributed by atoms with Gasteiger partial charge in [0, 0.05) is 11.1 Å². The minimum Gasteiger partial charge on any atom is -0.330 e. The van der Waals surface area contributed by atoms with Crippen molar-refractivity contribution in [2.75, 3.05) is 20.1 Å². The molecule has 16 heavy (non-hydrogen) atoms. The van der Waals surface area contributed by atoms with Crippen LogP contribution in [0.25, 0.3) is 0 Å². The Balaban J connectivity index is 2.32. The first-order valence-electron chi connectivity index (χ1n) is 5.88. The van der Waals surface area contributed by atoms with Gasteiger partial charge in [0.2, 0.25) is 0 Å². The van der Waals surface area contributed by atoms with Crippen molar-refractivity contribution < 1.29 is 0 Å². The summed E-state index contributed by atoms with van der Waals surface area (Å²) >= 11 is 6.28. The van der Waals surface area contributed by atoms with Crippen LogP contribution >= 0.6 is 11.6 Å². The summed E-state index contributed by atoms with van der Waals surface area (Å²) in [5, 5.41) is 0.861. The molecule has 2 nitrogen and oxygen atoms in total. The molecule has 0 amide bonds. The minimum absolute atomic E-state index is 0.382. The normalized spacial score (nSPS) is 26.9. The van der Waals surface area contributed by atoms with Crippen LogP contribution in [0, 0.1) is 5.92 Å². The Morgan fingerprint density at radius 2 is 2.19 bits per heavy atom. The summed E-state index contributed by atoms with van der Waals surface area (Å²) in [5.74, 6) is 0.527. The molecule has 0 aliphatic carbocycles. The van der Waals surface area contributed by atoms with Crippen LogP contribution in [-0.2, 0) is 0 Å². The van der Waals surface area contributed by atoms with Gasteiger partial charge in [0.05, 0.1) is 0 Å². The molecular formula is C13H19ClN2.